The molecule has 1 aliphatic rings. The van der Waals surface area contributed by atoms with E-state index < -0.39 is 0 Å². The Kier molecular flexibility index (Phi) is 5.37. The molecule has 1 amide bonds. The molecule has 1 heterocycles. The van der Waals surface area contributed by atoms with Crippen molar-refractivity contribution in [2.24, 2.45) is 5.92 Å². The van der Waals surface area contributed by atoms with Gasteiger partial charge in [-0.2, -0.15) is 0 Å². The summed E-state index contributed by atoms with van der Waals surface area (Å²) in [6.45, 7) is 9.11. The monoisotopic (exact) mass is 289 g/mol. The lowest BCUT2D eigenvalue weighted by Crippen LogP contribution is -2.30. The third-order valence-corrected chi connectivity index (χ3v) is 4.51. The molecule has 21 heavy (non-hydrogen) atoms. The number of hydrogen-bond acceptors (Lipinski definition) is 3. The molecule has 1 saturated heterocycles. The number of amides is 1. The Labute approximate surface area is 127 Å². The number of nitrogens with one attached hydrogen (secondary N) is 3. The maximum absolute atomic E-state index is 12.0. The molecule has 1 aliphatic heterocycles. The summed E-state index contributed by atoms with van der Waals surface area (Å²) in [7, 11) is 0. The fraction of sp³-hybridized carbons (Fsp3) is 0.588. The van der Waals surface area contributed by atoms with Gasteiger partial charge in [0.15, 0.2) is 0 Å². The van der Waals surface area contributed by atoms with Gasteiger partial charge in [-0.15, -0.1) is 0 Å². The first-order chi connectivity index (χ1) is 9.97. The zero-order valence-electron chi connectivity index (χ0n) is 13.5. The highest BCUT2D eigenvalue weighted by Gasteiger charge is 2.29. The lowest BCUT2D eigenvalue weighted by atomic mass is 9.91. The predicted molar refractivity (Wildman–Crippen MR) is 85.7 cm³/mol. The van der Waals surface area contributed by atoms with Gasteiger partial charge in [0.05, 0.1) is 0 Å². The Morgan fingerprint density at radius 2 is 1.86 bits per heavy atom. The Hall–Kier alpha value is -1.39. The summed E-state index contributed by atoms with van der Waals surface area (Å²) >= 11 is 0. The average Bonchev–Trinajstić information content (AvgIpc) is 2.77. The molecule has 0 aromatic heterocycles. The lowest BCUT2D eigenvalue weighted by molar-refractivity contribution is -0.121. The van der Waals surface area contributed by atoms with Crippen LogP contribution in [0.5, 0.6) is 0 Å². The van der Waals surface area contributed by atoms with Crippen molar-refractivity contribution in [3.63, 3.8) is 0 Å². The molecule has 2 rings (SSSR count). The Morgan fingerprint density at radius 1 is 1.19 bits per heavy atom. The van der Waals surface area contributed by atoms with Crippen molar-refractivity contribution in [3.05, 3.63) is 34.9 Å². The fourth-order valence-electron chi connectivity index (χ4n) is 2.98. The summed E-state index contributed by atoms with van der Waals surface area (Å²) in [6, 6.07) is 7.20. The highest BCUT2D eigenvalue weighted by atomic mass is 16.1. The second kappa shape index (κ2) is 7.05. The van der Waals surface area contributed by atoms with Gasteiger partial charge in [-0.05, 0) is 51.2 Å². The summed E-state index contributed by atoms with van der Waals surface area (Å²) in [5.41, 5.74) is 10.1. The van der Waals surface area contributed by atoms with E-state index in [2.05, 4.69) is 62.1 Å². The largest absolute Gasteiger partial charge is 0.352 e. The SMILES string of the molecule is Cc1ccc(C)c(CNC(=O)CCC2C(C)NNC2C)c1. The summed E-state index contributed by atoms with van der Waals surface area (Å²) < 4.78 is 0. The topological polar surface area (TPSA) is 53.2 Å². The summed E-state index contributed by atoms with van der Waals surface area (Å²) in [4.78, 5) is 12.0. The van der Waals surface area contributed by atoms with E-state index in [1.807, 2.05) is 0 Å². The molecule has 2 unspecified atom stereocenters. The van der Waals surface area contributed by atoms with Crippen molar-refractivity contribution in [1.82, 2.24) is 16.2 Å². The van der Waals surface area contributed by atoms with Crippen LogP contribution < -0.4 is 16.2 Å². The number of aryl methyl sites for hydroxylation is 2. The van der Waals surface area contributed by atoms with Crippen LogP contribution in [0, 0.1) is 19.8 Å². The number of benzene rings is 1. The maximum atomic E-state index is 12.0. The first kappa shape index (κ1) is 16.0. The molecule has 0 saturated carbocycles. The number of carbonyl (C=O) groups excluding carboxylic acids is 1. The van der Waals surface area contributed by atoms with Gasteiger partial charge in [-0.1, -0.05) is 23.8 Å². The van der Waals surface area contributed by atoms with Gasteiger partial charge >= 0.3 is 0 Å². The van der Waals surface area contributed by atoms with E-state index in [-0.39, 0.29) is 5.91 Å². The molecule has 1 fully saturated rings. The van der Waals surface area contributed by atoms with Gasteiger partial charge in [-0.25, -0.2) is 0 Å². The molecule has 0 spiro atoms. The van der Waals surface area contributed by atoms with Gasteiger partial charge in [0, 0.05) is 25.0 Å². The van der Waals surface area contributed by atoms with Crippen LogP contribution in [0.15, 0.2) is 18.2 Å². The van der Waals surface area contributed by atoms with Gasteiger partial charge in [0.1, 0.15) is 0 Å². The first-order valence-corrected chi connectivity index (χ1v) is 7.81. The van der Waals surface area contributed by atoms with E-state index in [4.69, 9.17) is 0 Å². The second-order valence-electron chi connectivity index (χ2n) is 6.28. The molecule has 1 aromatic rings. The van der Waals surface area contributed by atoms with Crippen molar-refractivity contribution in [3.8, 4) is 0 Å². The third kappa shape index (κ3) is 4.29. The summed E-state index contributed by atoms with van der Waals surface area (Å²) in [6.07, 6.45) is 1.51. The molecule has 0 bridgehead atoms. The summed E-state index contributed by atoms with van der Waals surface area (Å²) in [5.74, 6) is 0.652. The first-order valence-electron chi connectivity index (χ1n) is 7.81. The van der Waals surface area contributed by atoms with Crippen LogP contribution in [0.25, 0.3) is 0 Å². The van der Waals surface area contributed by atoms with Crippen LogP contribution in [-0.2, 0) is 11.3 Å². The lowest BCUT2D eigenvalue weighted by Gasteiger charge is -2.17. The van der Waals surface area contributed by atoms with Crippen molar-refractivity contribution in [2.75, 3.05) is 0 Å². The van der Waals surface area contributed by atoms with Crippen LogP contribution in [0.2, 0.25) is 0 Å². The van der Waals surface area contributed by atoms with Crippen LogP contribution in [0.4, 0.5) is 0 Å². The third-order valence-electron chi connectivity index (χ3n) is 4.51. The van der Waals surface area contributed by atoms with Crippen LogP contribution >= 0.6 is 0 Å². The fourth-order valence-corrected chi connectivity index (χ4v) is 2.98. The molecule has 0 aliphatic carbocycles. The number of rotatable bonds is 5. The van der Waals surface area contributed by atoms with Crippen LogP contribution in [0.3, 0.4) is 0 Å². The van der Waals surface area contributed by atoms with E-state index in [1.165, 1.54) is 16.7 Å². The number of hydrazine groups is 1. The van der Waals surface area contributed by atoms with Gasteiger partial charge < -0.3 is 5.32 Å². The van der Waals surface area contributed by atoms with E-state index in [0.29, 0.717) is 31.0 Å². The zero-order valence-corrected chi connectivity index (χ0v) is 13.5. The van der Waals surface area contributed by atoms with E-state index in [0.717, 1.165) is 6.42 Å². The van der Waals surface area contributed by atoms with Crippen molar-refractivity contribution in [2.45, 2.75) is 59.2 Å². The van der Waals surface area contributed by atoms with Crippen molar-refractivity contribution < 1.29 is 4.79 Å². The quantitative estimate of drug-likeness (QED) is 0.779. The molecule has 0 radical (unpaired) electrons. The molecule has 2 atom stereocenters. The molecule has 1 aromatic carbocycles. The zero-order chi connectivity index (χ0) is 15.4. The smallest absolute Gasteiger partial charge is 0.220 e. The standard InChI is InChI=1S/C17H27N3O/c1-11-5-6-12(2)15(9-11)10-18-17(21)8-7-16-13(3)19-20-14(16)4/h5-6,9,13-14,16,19-20H,7-8,10H2,1-4H3,(H,18,21). The minimum Gasteiger partial charge on any atom is -0.352 e. The van der Waals surface area contributed by atoms with Gasteiger partial charge in [0.2, 0.25) is 5.91 Å². The minimum absolute atomic E-state index is 0.141. The van der Waals surface area contributed by atoms with Gasteiger partial charge in [0.25, 0.3) is 0 Å². The highest BCUT2D eigenvalue weighted by molar-refractivity contribution is 5.75. The van der Waals surface area contributed by atoms with Crippen LogP contribution in [0.1, 0.15) is 43.4 Å². The highest BCUT2D eigenvalue weighted by Crippen LogP contribution is 2.20. The number of hydrogen-bond donors (Lipinski definition) is 3. The molecule has 116 valence electrons. The second-order valence-corrected chi connectivity index (χ2v) is 6.28. The Balaban J connectivity index is 1.78. The minimum atomic E-state index is 0.141. The molecular weight excluding hydrogens is 262 g/mol. The molecule has 4 heteroatoms. The Bertz CT molecular complexity index is 491. The van der Waals surface area contributed by atoms with Crippen molar-refractivity contribution >= 4 is 5.91 Å². The summed E-state index contributed by atoms with van der Waals surface area (Å²) in [5, 5.41) is 3.04. The van der Waals surface area contributed by atoms with Crippen LogP contribution in [-0.4, -0.2) is 18.0 Å². The van der Waals surface area contributed by atoms with E-state index >= 15 is 0 Å². The van der Waals surface area contributed by atoms with Gasteiger partial charge in [-0.3, -0.25) is 15.6 Å². The molecule has 3 N–H and O–H groups in total. The molecule has 4 nitrogen and oxygen atoms in total. The van der Waals surface area contributed by atoms with E-state index in [1.54, 1.807) is 0 Å². The average molecular weight is 289 g/mol. The van der Waals surface area contributed by atoms with Crippen molar-refractivity contribution in [1.29, 1.82) is 0 Å². The molecular formula is C17H27N3O. The predicted octanol–water partition coefficient (Wildman–Crippen LogP) is 2.20. The normalized spacial score (nSPS) is 25.0. The maximum Gasteiger partial charge on any atom is 0.220 e. The Morgan fingerprint density at radius 3 is 2.52 bits per heavy atom. The number of carbonyl (C=O) groups is 1. The van der Waals surface area contributed by atoms with E-state index in [9.17, 15) is 4.79 Å².